The van der Waals surface area contributed by atoms with Crippen LogP contribution >= 0.6 is 11.6 Å². The molecular formula is C27H31ClF2N6O5. The number of hydrogen-bond acceptors (Lipinski definition) is 7. The van der Waals surface area contributed by atoms with Crippen LogP contribution < -0.4 is 27.3 Å². The fraction of sp³-hybridized carbons (Fsp3) is 0.370. The van der Waals surface area contributed by atoms with Crippen molar-refractivity contribution in [2.45, 2.75) is 58.9 Å². The van der Waals surface area contributed by atoms with Crippen LogP contribution in [-0.4, -0.2) is 38.4 Å². The maximum Gasteiger partial charge on any atom is 0.407 e. The number of halogens is 3. The molecule has 220 valence electrons. The summed E-state index contributed by atoms with van der Waals surface area (Å²) >= 11 is 6.12. The Morgan fingerprint density at radius 1 is 1.02 bits per heavy atom. The smallest absolute Gasteiger partial charge is 0.407 e. The van der Waals surface area contributed by atoms with E-state index >= 15 is 0 Å². The monoisotopic (exact) mass is 592 g/mol. The van der Waals surface area contributed by atoms with Crippen molar-refractivity contribution in [2.75, 3.05) is 12.0 Å². The third-order valence-corrected chi connectivity index (χ3v) is 5.90. The van der Waals surface area contributed by atoms with Crippen molar-refractivity contribution in [3.05, 3.63) is 97.0 Å². The number of nitrogens with one attached hydrogen (secondary N) is 3. The van der Waals surface area contributed by atoms with Gasteiger partial charge >= 0.3 is 17.7 Å². The van der Waals surface area contributed by atoms with Crippen LogP contribution in [0.5, 0.6) is 0 Å². The molecule has 0 aliphatic rings. The molecule has 3 N–H and O–H groups in total. The van der Waals surface area contributed by atoms with Gasteiger partial charge in [-0.05, 0) is 63.1 Å². The number of benzene rings is 1. The van der Waals surface area contributed by atoms with Gasteiger partial charge in [0.15, 0.2) is 0 Å². The van der Waals surface area contributed by atoms with Gasteiger partial charge in [0.25, 0.3) is 5.56 Å². The zero-order valence-electron chi connectivity index (χ0n) is 23.0. The van der Waals surface area contributed by atoms with Gasteiger partial charge in [-0.1, -0.05) is 23.7 Å². The van der Waals surface area contributed by atoms with Crippen molar-refractivity contribution < 1.29 is 23.1 Å². The summed E-state index contributed by atoms with van der Waals surface area (Å²) in [5, 5.41) is 5.72. The van der Waals surface area contributed by atoms with Crippen LogP contribution in [0.2, 0.25) is 5.02 Å². The lowest BCUT2D eigenvalue weighted by Gasteiger charge is -2.20. The molecule has 0 fully saturated rings. The summed E-state index contributed by atoms with van der Waals surface area (Å²) in [6.07, 6.45) is 0.593. The molecule has 0 unspecified atom stereocenters. The van der Waals surface area contributed by atoms with Crippen molar-refractivity contribution >= 4 is 23.6 Å². The largest absolute Gasteiger partial charge is 0.444 e. The Hall–Kier alpha value is -4.26. The zero-order valence-corrected chi connectivity index (χ0v) is 23.7. The van der Waals surface area contributed by atoms with Gasteiger partial charge in [-0.25, -0.2) is 9.59 Å². The molecule has 3 rings (SSSR count). The van der Waals surface area contributed by atoms with E-state index in [1.807, 2.05) is 0 Å². The van der Waals surface area contributed by atoms with E-state index in [2.05, 4.69) is 21.0 Å². The number of carbonyl (C=O) groups excluding carboxylic acids is 2. The molecule has 11 nitrogen and oxygen atoms in total. The summed E-state index contributed by atoms with van der Waals surface area (Å²) in [4.78, 5) is 53.8. The summed E-state index contributed by atoms with van der Waals surface area (Å²) in [7, 11) is 0. The molecule has 0 bridgehead atoms. The molecule has 2 aromatic heterocycles. The number of rotatable bonds is 10. The lowest BCUT2D eigenvalue weighted by molar-refractivity contribution is -0.121. The Morgan fingerprint density at radius 3 is 2.39 bits per heavy atom. The third-order valence-electron chi connectivity index (χ3n) is 5.67. The van der Waals surface area contributed by atoms with Crippen LogP contribution in [0.4, 0.5) is 13.6 Å². The first-order valence-electron chi connectivity index (χ1n) is 12.5. The van der Waals surface area contributed by atoms with E-state index < -0.39 is 53.6 Å². The fourth-order valence-corrected chi connectivity index (χ4v) is 3.87. The summed E-state index contributed by atoms with van der Waals surface area (Å²) in [5.74, 6) is -4.07. The topological polar surface area (TPSA) is 136 Å². The maximum atomic E-state index is 14.5. The maximum absolute atomic E-state index is 14.5. The van der Waals surface area contributed by atoms with Gasteiger partial charge in [-0.15, -0.1) is 0 Å². The van der Waals surface area contributed by atoms with Gasteiger partial charge in [0.2, 0.25) is 5.91 Å². The van der Waals surface area contributed by atoms with Crippen molar-refractivity contribution in [2.24, 2.45) is 0 Å². The average Bonchev–Trinajstić information content (AvgIpc) is 2.88. The van der Waals surface area contributed by atoms with Crippen molar-refractivity contribution in [1.29, 1.82) is 0 Å². The highest BCUT2D eigenvalue weighted by molar-refractivity contribution is 6.30. The van der Waals surface area contributed by atoms with Crippen LogP contribution in [0.3, 0.4) is 0 Å². The fourth-order valence-electron chi connectivity index (χ4n) is 3.68. The number of nitrogens with zero attached hydrogens (tertiary/aromatic N) is 3. The zero-order chi connectivity index (χ0) is 30.4. The number of pyridine rings is 1. The standard InChI is InChI=1S/C27H31ClF2N6O5/c1-17-11-23(38)36(34-16-27(29,30)21-7-5-6-10-31-21)25(40)35(17)15-22(37)32-14-19-12-20(28)9-8-18(19)13-33-24(39)41-26(2,3)4/h5-12,34H,13-16H2,1-4H3,(H,32,37)(H,33,39). The number of alkyl halides is 2. The molecule has 14 heteroatoms. The quantitative estimate of drug-likeness (QED) is 0.329. The van der Waals surface area contributed by atoms with Gasteiger partial charge in [-0.2, -0.15) is 13.5 Å². The number of ether oxygens (including phenoxy) is 1. The highest BCUT2D eigenvalue weighted by Gasteiger charge is 2.33. The molecule has 3 aromatic rings. The van der Waals surface area contributed by atoms with E-state index in [1.165, 1.54) is 25.3 Å². The van der Waals surface area contributed by atoms with Crippen LogP contribution in [0, 0.1) is 6.92 Å². The molecule has 0 saturated carbocycles. The second-order valence-electron chi connectivity index (χ2n) is 10.1. The molecule has 0 aliphatic heterocycles. The Bertz CT molecular complexity index is 1520. The van der Waals surface area contributed by atoms with E-state index in [0.717, 1.165) is 16.7 Å². The third kappa shape index (κ3) is 8.87. The first-order valence-corrected chi connectivity index (χ1v) is 12.9. The van der Waals surface area contributed by atoms with E-state index in [9.17, 15) is 28.0 Å². The average molecular weight is 593 g/mol. The predicted molar refractivity (Wildman–Crippen MR) is 148 cm³/mol. The van der Waals surface area contributed by atoms with Gasteiger partial charge in [0, 0.05) is 36.1 Å². The summed E-state index contributed by atoms with van der Waals surface area (Å²) in [6.45, 7) is 5.20. The van der Waals surface area contributed by atoms with Crippen LogP contribution in [-0.2, 0) is 35.1 Å². The first-order chi connectivity index (χ1) is 19.2. The molecule has 0 radical (unpaired) electrons. The van der Waals surface area contributed by atoms with E-state index in [1.54, 1.807) is 39.0 Å². The molecule has 0 aliphatic carbocycles. The minimum absolute atomic E-state index is 0.00666. The van der Waals surface area contributed by atoms with Gasteiger partial charge < -0.3 is 20.8 Å². The highest BCUT2D eigenvalue weighted by atomic mass is 35.5. The number of carbonyl (C=O) groups is 2. The highest BCUT2D eigenvalue weighted by Crippen LogP contribution is 2.24. The number of hydrogen-bond donors (Lipinski definition) is 3. The lowest BCUT2D eigenvalue weighted by atomic mass is 10.1. The Balaban J connectivity index is 1.69. The molecule has 0 atom stereocenters. The van der Waals surface area contributed by atoms with Crippen molar-refractivity contribution in [3.8, 4) is 0 Å². The molecular weight excluding hydrogens is 562 g/mol. The van der Waals surface area contributed by atoms with Crippen LogP contribution in [0.15, 0.2) is 58.3 Å². The number of alkyl carbamates (subject to hydrolysis) is 1. The normalized spacial score (nSPS) is 11.6. The number of amides is 2. The Labute approximate surface area is 239 Å². The van der Waals surface area contributed by atoms with Crippen molar-refractivity contribution in [3.63, 3.8) is 0 Å². The van der Waals surface area contributed by atoms with Crippen LogP contribution in [0.25, 0.3) is 0 Å². The molecule has 0 spiro atoms. The van der Waals surface area contributed by atoms with Crippen molar-refractivity contribution in [1.82, 2.24) is 24.9 Å². The van der Waals surface area contributed by atoms with E-state index in [0.29, 0.717) is 20.8 Å². The summed E-state index contributed by atoms with van der Waals surface area (Å²) < 4.78 is 35.7. The minimum atomic E-state index is -3.48. The minimum Gasteiger partial charge on any atom is -0.444 e. The second kappa shape index (κ2) is 12.9. The molecule has 2 heterocycles. The summed E-state index contributed by atoms with van der Waals surface area (Å²) in [6, 6.07) is 10.0. The lowest BCUT2D eigenvalue weighted by Crippen LogP contribution is -2.48. The Morgan fingerprint density at radius 2 is 1.73 bits per heavy atom. The summed E-state index contributed by atoms with van der Waals surface area (Å²) in [5.41, 5.74) is 0.536. The van der Waals surface area contributed by atoms with Crippen LogP contribution in [0.1, 0.15) is 43.3 Å². The SMILES string of the molecule is Cc1cc(=O)n(NCC(F)(F)c2ccccn2)c(=O)n1CC(=O)NCc1cc(Cl)ccc1CNC(=O)OC(C)(C)C. The van der Waals surface area contributed by atoms with Gasteiger partial charge in [0.05, 0.1) is 0 Å². The Kier molecular flexibility index (Phi) is 9.87. The first kappa shape index (κ1) is 31.3. The predicted octanol–water partition coefficient (Wildman–Crippen LogP) is 3.04. The number of aryl methyl sites for hydroxylation is 1. The second-order valence-corrected chi connectivity index (χ2v) is 10.6. The number of aromatic nitrogens is 3. The van der Waals surface area contributed by atoms with Gasteiger partial charge in [-0.3, -0.25) is 19.1 Å². The van der Waals surface area contributed by atoms with E-state index in [4.69, 9.17) is 16.3 Å². The molecule has 2 amide bonds. The molecule has 41 heavy (non-hydrogen) atoms. The molecule has 0 saturated heterocycles. The van der Waals surface area contributed by atoms with Gasteiger partial charge in [0.1, 0.15) is 24.4 Å². The molecule has 1 aromatic carbocycles. The van der Waals surface area contributed by atoms with E-state index in [-0.39, 0.29) is 18.8 Å².